The first-order chi connectivity index (χ1) is 12.7. The number of anilines is 1. The van der Waals surface area contributed by atoms with Crippen LogP contribution < -0.4 is 15.2 Å². The van der Waals surface area contributed by atoms with Crippen LogP contribution in [-0.4, -0.2) is 20.9 Å². The van der Waals surface area contributed by atoms with Crippen LogP contribution in [0, 0.1) is 0 Å². The summed E-state index contributed by atoms with van der Waals surface area (Å²) in [6.45, 7) is 2.59. The minimum absolute atomic E-state index is 0.0452. The van der Waals surface area contributed by atoms with Crippen molar-refractivity contribution in [1.29, 1.82) is 0 Å². The lowest BCUT2D eigenvalue weighted by Crippen LogP contribution is -2.14. The molecule has 0 saturated heterocycles. The molecule has 0 atom stereocenters. The smallest absolute Gasteiger partial charge is 0.255 e. The van der Waals surface area contributed by atoms with Crippen molar-refractivity contribution in [3.63, 3.8) is 0 Å². The molecule has 9 heteroatoms. The fraction of sp³-hybridized carbons (Fsp3) is 0.278. The van der Waals surface area contributed by atoms with Crippen molar-refractivity contribution in [3.05, 3.63) is 52.0 Å². The Kier molecular flexibility index (Phi) is 7.49. The first-order valence-corrected chi connectivity index (χ1v) is 10.6. The number of sulfonamides is 1. The van der Waals surface area contributed by atoms with Gasteiger partial charge in [-0.3, -0.25) is 4.79 Å². The third-order valence-corrected chi connectivity index (χ3v) is 5.19. The van der Waals surface area contributed by atoms with Crippen LogP contribution in [0.25, 0.3) is 0 Å². The van der Waals surface area contributed by atoms with Crippen molar-refractivity contribution in [2.45, 2.75) is 31.1 Å². The van der Waals surface area contributed by atoms with Gasteiger partial charge in [-0.15, -0.1) is 0 Å². The van der Waals surface area contributed by atoms with E-state index in [0.29, 0.717) is 18.0 Å². The highest BCUT2D eigenvalue weighted by Gasteiger charge is 2.15. The van der Waals surface area contributed by atoms with Gasteiger partial charge in [-0.2, -0.15) is 0 Å². The van der Waals surface area contributed by atoms with E-state index in [1.165, 1.54) is 36.4 Å². The molecule has 27 heavy (non-hydrogen) atoms. The molecule has 0 bridgehead atoms. The van der Waals surface area contributed by atoms with E-state index in [1.807, 2.05) is 0 Å². The molecule has 0 spiro atoms. The van der Waals surface area contributed by atoms with Gasteiger partial charge >= 0.3 is 0 Å². The van der Waals surface area contributed by atoms with Gasteiger partial charge in [-0.25, -0.2) is 13.6 Å². The zero-order valence-corrected chi connectivity index (χ0v) is 17.0. The lowest BCUT2D eigenvalue weighted by Gasteiger charge is -2.12. The van der Waals surface area contributed by atoms with Crippen LogP contribution in [0.4, 0.5) is 5.69 Å². The summed E-state index contributed by atoms with van der Waals surface area (Å²) in [7, 11) is -3.79. The van der Waals surface area contributed by atoms with Crippen LogP contribution >= 0.6 is 23.2 Å². The van der Waals surface area contributed by atoms with Gasteiger partial charge in [0.2, 0.25) is 10.0 Å². The number of primary sulfonamides is 1. The Morgan fingerprint density at radius 2 is 1.70 bits per heavy atom. The Bertz CT molecular complexity index is 892. The second kappa shape index (κ2) is 9.41. The number of nitrogens with two attached hydrogens (primary N) is 1. The molecule has 0 heterocycles. The van der Waals surface area contributed by atoms with Gasteiger partial charge in [0.05, 0.1) is 21.5 Å². The van der Waals surface area contributed by atoms with Gasteiger partial charge in [0.1, 0.15) is 0 Å². The van der Waals surface area contributed by atoms with Crippen LogP contribution in [-0.2, 0) is 10.0 Å². The predicted molar refractivity (Wildman–Crippen MR) is 107 cm³/mol. The molecule has 0 radical (unpaired) electrons. The number of nitrogens with one attached hydrogen (secondary N) is 1. The van der Waals surface area contributed by atoms with Crippen LogP contribution in [0.1, 0.15) is 36.5 Å². The Balaban J connectivity index is 2.10. The Morgan fingerprint density at radius 1 is 1.11 bits per heavy atom. The number of amides is 1. The fourth-order valence-electron chi connectivity index (χ4n) is 2.29. The topological polar surface area (TPSA) is 98.5 Å². The first-order valence-electron chi connectivity index (χ1n) is 8.28. The van der Waals surface area contributed by atoms with Gasteiger partial charge in [0.15, 0.2) is 5.75 Å². The van der Waals surface area contributed by atoms with E-state index in [9.17, 15) is 13.2 Å². The molecule has 0 aliphatic heterocycles. The lowest BCUT2D eigenvalue weighted by atomic mass is 10.2. The molecule has 3 N–H and O–H groups in total. The highest BCUT2D eigenvalue weighted by Crippen LogP contribution is 2.34. The van der Waals surface area contributed by atoms with Crippen molar-refractivity contribution in [3.8, 4) is 5.75 Å². The molecule has 0 fully saturated rings. The highest BCUT2D eigenvalue weighted by atomic mass is 35.5. The van der Waals surface area contributed by atoms with Crippen molar-refractivity contribution < 1.29 is 17.9 Å². The van der Waals surface area contributed by atoms with Gasteiger partial charge in [0.25, 0.3) is 5.91 Å². The van der Waals surface area contributed by atoms with Crippen LogP contribution in [0.15, 0.2) is 41.3 Å². The molecule has 1 amide bonds. The van der Waals surface area contributed by atoms with E-state index in [4.69, 9.17) is 33.1 Å². The van der Waals surface area contributed by atoms with E-state index >= 15 is 0 Å². The molecular weight excluding hydrogens is 411 g/mol. The number of hydrogen-bond acceptors (Lipinski definition) is 4. The Morgan fingerprint density at radius 3 is 2.22 bits per heavy atom. The van der Waals surface area contributed by atoms with E-state index in [0.717, 1.165) is 19.3 Å². The molecule has 0 aliphatic rings. The standard InChI is InChI=1S/C18H20Cl2N2O4S/c1-2-3-4-9-26-17-15(19)10-12(11-16(17)20)18(23)22-13-5-7-14(8-6-13)27(21,24)25/h5-8,10-11H,2-4,9H2,1H3,(H,22,23)(H2,21,24,25). The average molecular weight is 431 g/mol. The van der Waals surface area contributed by atoms with Gasteiger partial charge in [-0.1, -0.05) is 43.0 Å². The monoisotopic (exact) mass is 430 g/mol. The number of unbranched alkanes of at least 4 members (excludes halogenated alkanes) is 2. The molecule has 0 saturated carbocycles. The molecule has 146 valence electrons. The number of halogens is 2. The summed E-state index contributed by atoms with van der Waals surface area (Å²) in [5.74, 6) is -0.0943. The molecule has 6 nitrogen and oxygen atoms in total. The fourth-order valence-corrected chi connectivity index (χ4v) is 3.40. The largest absolute Gasteiger partial charge is 0.490 e. The van der Waals surface area contributed by atoms with E-state index in [-0.39, 0.29) is 20.5 Å². The molecule has 0 unspecified atom stereocenters. The zero-order chi connectivity index (χ0) is 20.0. The van der Waals surface area contributed by atoms with Crippen molar-refractivity contribution in [2.75, 3.05) is 11.9 Å². The van der Waals surface area contributed by atoms with E-state index in [1.54, 1.807) is 0 Å². The summed E-state index contributed by atoms with van der Waals surface area (Å²) in [6.07, 6.45) is 3.00. The predicted octanol–water partition coefficient (Wildman–Crippen LogP) is 4.46. The molecule has 0 aliphatic carbocycles. The molecule has 2 aromatic carbocycles. The number of ether oxygens (including phenoxy) is 1. The maximum Gasteiger partial charge on any atom is 0.255 e. The number of carbonyl (C=O) groups is 1. The summed E-state index contributed by atoms with van der Waals surface area (Å²) >= 11 is 12.4. The maximum atomic E-state index is 12.4. The molecular formula is C18H20Cl2N2O4S. The third kappa shape index (κ3) is 6.10. The van der Waals surface area contributed by atoms with Gasteiger partial charge < -0.3 is 10.1 Å². The quantitative estimate of drug-likeness (QED) is 0.603. The number of carbonyl (C=O) groups excluding carboxylic acids is 1. The second-order valence-corrected chi connectivity index (χ2v) is 8.22. The third-order valence-electron chi connectivity index (χ3n) is 3.70. The Labute approximate surface area is 168 Å². The minimum Gasteiger partial charge on any atom is -0.490 e. The van der Waals surface area contributed by atoms with Crippen LogP contribution in [0.5, 0.6) is 5.75 Å². The SMILES string of the molecule is CCCCCOc1c(Cl)cc(C(=O)Nc2ccc(S(N)(=O)=O)cc2)cc1Cl. The molecule has 2 rings (SSSR count). The zero-order valence-electron chi connectivity index (χ0n) is 14.7. The lowest BCUT2D eigenvalue weighted by molar-refractivity contribution is 0.102. The first kappa shape index (κ1) is 21.5. The molecule has 2 aromatic rings. The maximum absolute atomic E-state index is 12.4. The number of rotatable bonds is 8. The number of benzene rings is 2. The average Bonchev–Trinajstić information content (AvgIpc) is 2.60. The highest BCUT2D eigenvalue weighted by molar-refractivity contribution is 7.89. The van der Waals surface area contributed by atoms with Crippen molar-refractivity contribution >= 4 is 44.8 Å². The summed E-state index contributed by atoms with van der Waals surface area (Å²) in [4.78, 5) is 12.4. The second-order valence-electron chi connectivity index (χ2n) is 5.85. The van der Waals surface area contributed by atoms with E-state index in [2.05, 4.69) is 12.2 Å². The van der Waals surface area contributed by atoms with Gasteiger partial charge in [-0.05, 0) is 42.8 Å². The van der Waals surface area contributed by atoms with Crippen molar-refractivity contribution in [1.82, 2.24) is 0 Å². The summed E-state index contributed by atoms with van der Waals surface area (Å²) in [5, 5.41) is 8.17. The summed E-state index contributed by atoms with van der Waals surface area (Å²) < 4.78 is 28.1. The van der Waals surface area contributed by atoms with Crippen LogP contribution in [0.2, 0.25) is 10.0 Å². The summed E-state index contributed by atoms with van der Waals surface area (Å²) in [6, 6.07) is 8.42. The van der Waals surface area contributed by atoms with Crippen LogP contribution in [0.3, 0.4) is 0 Å². The molecule has 0 aromatic heterocycles. The van der Waals surface area contributed by atoms with Gasteiger partial charge in [0, 0.05) is 11.3 Å². The minimum atomic E-state index is -3.79. The Hall–Kier alpha value is -1.80. The van der Waals surface area contributed by atoms with E-state index < -0.39 is 15.9 Å². The normalized spacial score (nSPS) is 11.3. The van der Waals surface area contributed by atoms with Crippen molar-refractivity contribution in [2.24, 2.45) is 5.14 Å². The summed E-state index contributed by atoms with van der Waals surface area (Å²) in [5.41, 5.74) is 0.654. The number of hydrogen-bond donors (Lipinski definition) is 2.